The molecule has 0 spiro atoms. The van der Waals surface area contributed by atoms with Gasteiger partial charge in [-0.05, 0) is 43.7 Å². The zero-order valence-electron chi connectivity index (χ0n) is 14.3. The summed E-state index contributed by atoms with van der Waals surface area (Å²) in [4.78, 5) is 2.53. The Bertz CT molecular complexity index is 560. The molecule has 1 fully saturated rings. The van der Waals surface area contributed by atoms with E-state index in [4.69, 9.17) is 5.73 Å². The molecule has 1 saturated heterocycles. The maximum Gasteiger partial charge on any atom is 0.0234 e. The van der Waals surface area contributed by atoms with Crippen LogP contribution in [-0.2, 0) is 13.0 Å². The molecule has 2 heteroatoms. The largest absolute Gasteiger partial charge is 0.327 e. The van der Waals surface area contributed by atoms with Crippen molar-refractivity contribution < 1.29 is 0 Å². The van der Waals surface area contributed by atoms with Crippen molar-refractivity contribution in [3.8, 4) is 0 Å². The van der Waals surface area contributed by atoms with Gasteiger partial charge in [0.2, 0.25) is 0 Å². The van der Waals surface area contributed by atoms with Gasteiger partial charge in [-0.15, -0.1) is 0 Å². The van der Waals surface area contributed by atoms with Crippen LogP contribution >= 0.6 is 0 Å². The highest BCUT2D eigenvalue weighted by molar-refractivity contribution is 5.23. The van der Waals surface area contributed by atoms with Crippen molar-refractivity contribution in [3.05, 3.63) is 70.8 Å². The van der Waals surface area contributed by atoms with Crippen LogP contribution in [0.25, 0.3) is 0 Å². The number of hydrogen-bond acceptors (Lipinski definition) is 2. The molecule has 1 heterocycles. The highest BCUT2D eigenvalue weighted by Crippen LogP contribution is 2.22. The lowest BCUT2D eigenvalue weighted by molar-refractivity contribution is 0.149. The second-order valence-electron chi connectivity index (χ2n) is 7.23. The number of nitrogens with zero attached hydrogens (tertiary/aromatic N) is 1. The Kier molecular flexibility index (Phi) is 5.14. The summed E-state index contributed by atoms with van der Waals surface area (Å²) >= 11 is 0. The SMILES string of the molecule is Cc1ccc(CC2CC(N)CN(Cc3ccc(C)cc3)C2)cc1. The maximum absolute atomic E-state index is 6.33. The number of benzene rings is 2. The molecule has 1 aliphatic rings. The third-order valence-electron chi connectivity index (χ3n) is 4.82. The Labute approximate surface area is 140 Å². The summed E-state index contributed by atoms with van der Waals surface area (Å²) in [6.07, 6.45) is 2.27. The summed E-state index contributed by atoms with van der Waals surface area (Å²) in [5, 5.41) is 0. The molecule has 0 amide bonds. The first kappa shape index (κ1) is 16.2. The molecule has 0 saturated carbocycles. The first-order chi connectivity index (χ1) is 11.1. The third kappa shape index (κ3) is 4.66. The minimum Gasteiger partial charge on any atom is -0.327 e. The minimum absolute atomic E-state index is 0.296. The first-order valence-corrected chi connectivity index (χ1v) is 8.67. The number of nitrogens with two attached hydrogens (primary N) is 1. The zero-order valence-corrected chi connectivity index (χ0v) is 14.3. The van der Waals surface area contributed by atoms with E-state index in [0.29, 0.717) is 12.0 Å². The second-order valence-corrected chi connectivity index (χ2v) is 7.23. The summed E-state index contributed by atoms with van der Waals surface area (Å²) in [6.45, 7) is 7.45. The van der Waals surface area contributed by atoms with E-state index in [1.54, 1.807) is 0 Å². The van der Waals surface area contributed by atoms with Gasteiger partial charge in [-0.2, -0.15) is 0 Å². The van der Waals surface area contributed by atoms with E-state index in [-0.39, 0.29) is 0 Å². The van der Waals surface area contributed by atoms with Gasteiger partial charge >= 0.3 is 0 Å². The molecule has 1 aliphatic heterocycles. The van der Waals surface area contributed by atoms with Crippen LogP contribution in [0.2, 0.25) is 0 Å². The van der Waals surface area contributed by atoms with Crippen LogP contribution in [0.1, 0.15) is 28.7 Å². The van der Waals surface area contributed by atoms with Crippen LogP contribution < -0.4 is 5.73 Å². The molecule has 23 heavy (non-hydrogen) atoms. The lowest BCUT2D eigenvalue weighted by Crippen LogP contribution is -2.47. The van der Waals surface area contributed by atoms with Crippen LogP contribution in [-0.4, -0.2) is 24.0 Å². The summed E-state index contributed by atoms with van der Waals surface area (Å²) in [5.74, 6) is 0.659. The Hall–Kier alpha value is -1.64. The van der Waals surface area contributed by atoms with E-state index < -0.39 is 0 Å². The Balaban J connectivity index is 1.62. The Morgan fingerprint density at radius 1 is 0.870 bits per heavy atom. The van der Waals surface area contributed by atoms with Gasteiger partial charge in [-0.3, -0.25) is 4.90 Å². The van der Waals surface area contributed by atoms with Crippen molar-refractivity contribution in [2.24, 2.45) is 11.7 Å². The number of piperidine rings is 1. The van der Waals surface area contributed by atoms with Crippen molar-refractivity contribution in [1.82, 2.24) is 4.90 Å². The predicted molar refractivity (Wildman–Crippen MR) is 97.4 cm³/mol. The lowest BCUT2D eigenvalue weighted by Gasteiger charge is -2.36. The van der Waals surface area contributed by atoms with Gasteiger partial charge in [-0.25, -0.2) is 0 Å². The standard InChI is InChI=1S/C21H28N2/c1-16-3-7-18(8-4-16)11-20-12-21(22)15-23(14-20)13-19-9-5-17(2)6-10-19/h3-10,20-21H,11-15,22H2,1-2H3. The zero-order chi connectivity index (χ0) is 16.2. The highest BCUT2D eigenvalue weighted by Gasteiger charge is 2.25. The first-order valence-electron chi connectivity index (χ1n) is 8.67. The molecular weight excluding hydrogens is 280 g/mol. The molecule has 2 atom stereocenters. The molecule has 0 radical (unpaired) electrons. The average Bonchev–Trinajstić information content (AvgIpc) is 2.51. The smallest absolute Gasteiger partial charge is 0.0234 e. The third-order valence-corrected chi connectivity index (χ3v) is 4.82. The molecule has 2 nitrogen and oxygen atoms in total. The van der Waals surface area contributed by atoms with Gasteiger partial charge in [0.25, 0.3) is 0 Å². The summed E-state index contributed by atoms with van der Waals surface area (Å²) in [7, 11) is 0. The van der Waals surface area contributed by atoms with Gasteiger partial charge in [0.15, 0.2) is 0 Å². The van der Waals surface area contributed by atoms with Gasteiger partial charge in [0, 0.05) is 25.7 Å². The van der Waals surface area contributed by atoms with E-state index in [9.17, 15) is 0 Å². The topological polar surface area (TPSA) is 29.3 Å². The molecule has 0 aliphatic carbocycles. The molecule has 2 unspecified atom stereocenters. The maximum atomic E-state index is 6.33. The Morgan fingerprint density at radius 3 is 2.04 bits per heavy atom. The second kappa shape index (κ2) is 7.29. The van der Waals surface area contributed by atoms with Crippen LogP contribution in [0.3, 0.4) is 0 Å². The molecule has 2 aromatic rings. The van der Waals surface area contributed by atoms with Crippen molar-refractivity contribution in [2.45, 2.75) is 39.3 Å². The summed E-state index contributed by atoms with van der Waals surface area (Å²) < 4.78 is 0. The number of aryl methyl sites for hydroxylation is 2. The summed E-state index contributed by atoms with van der Waals surface area (Å²) in [6, 6.07) is 18.1. The lowest BCUT2D eigenvalue weighted by atomic mass is 9.88. The number of hydrogen-bond donors (Lipinski definition) is 1. The van der Waals surface area contributed by atoms with Crippen LogP contribution in [0.4, 0.5) is 0 Å². The van der Waals surface area contributed by atoms with Gasteiger partial charge in [0.1, 0.15) is 0 Å². The van der Waals surface area contributed by atoms with Crippen molar-refractivity contribution in [3.63, 3.8) is 0 Å². The van der Waals surface area contributed by atoms with Gasteiger partial charge < -0.3 is 5.73 Å². The minimum atomic E-state index is 0.296. The fourth-order valence-corrected chi connectivity index (χ4v) is 3.63. The number of rotatable bonds is 4. The van der Waals surface area contributed by atoms with Crippen molar-refractivity contribution in [2.75, 3.05) is 13.1 Å². The molecule has 2 aromatic carbocycles. The molecule has 0 bridgehead atoms. The van der Waals surface area contributed by atoms with E-state index in [0.717, 1.165) is 32.5 Å². The normalized spacial score (nSPS) is 22.2. The van der Waals surface area contributed by atoms with Gasteiger partial charge in [0.05, 0.1) is 0 Å². The van der Waals surface area contributed by atoms with Crippen LogP contribution in [0.15, 0.2) is 48.5 Å². The van der Waals surface area contributed by atoms with E-state index in [1.165, 1.54) is 22.3 Å². The monoisotopic (exact) mass is 308 g/mol. The quantitative estimate of drug-likeness (QED) is 0.933. The Morgan fingerprint density at radius 2 is 1.43 bits per heavy atom. The number of likely N-dealkylation sites (tertiary alicyclic amines) is 1. The molecular formula is C21H28N2. The van der Waals surface area contributed by atoms with Crippen LogP contribution in [0, 0.1) is 19.8 Å². The van der Waals surface area contributed by atoms with Crippen molar-refractivity contribution >= 4 is 0 Å². The molecule has 2 N–H and O–H groups in total. The van der Waals surface area contributed by atoms with Crippen LogP contribution in [0.5, 0.6) is 0 Å². The van der Waals surface area contributed by atoms with E-state index in [1.807, 2.05) is 0 Å². The predicted octanol–water partition coefficient (Wildman–Crippen LogP) is 3.70. The average molecular weight is 308 g/mol. The van der Waals surface area contributed by atoms with Gasteiger partial charge in [-0.1, -0.05) is 59.7 Å². The molecule has 0 aromatic heterocycles. The molecule has 3 rings (SSSR count). The fraction of sp³-hybridized carbons (Fsp3) is 0.429. The van der Waals surface area contributed by atoms with E-state index in [2.05, 4.69) is 67.3 Å². The summed E-state index contributed by atoms with van der Waals surface area (Å²) in [5.41, 5.74) is 11.8. The van der Waals surface area contributed by atoms with E-state index >= 15 is 0 Å². The highest BCUT2D eigenvalue weighted by atomic mass is 15.1. The fourth-order valence-electron chi connectivity index (χ4n) is 3.63. The van der Waals surface area contributed by atoms with Crippen molar-refractivity contribution in [1.29, 1.82) is 0 Å². The molecule has 122 valence electrons.